The normalized spacial score (nSPS) is 21.4. The molecule has 1 N–H and O–H groups in total. The maximum absolute atomic E-state index is 9.46. The van der Waals surface area contributed by atoms with Crippen LogP contribution in [0.5, 0.6) is 0 Å². The minimum Gasteiger partial charge on any atom is -0.389 e. The van der Waals surface area contributed by atoms with Gasteiger partial charge in [0.05, 0.1) is 6.10 Å². The molecule has 0 saturated heterocycles. The van der Waals surface area contributed by atoms with Crippen LogP contribution in [0.1, 0.15) is 11.3 Å². The molecule has 14 heavy (non-hydrogen) atoms. The Balaban J connectivity index is 2.37. The van der Waals surface area contributed by atoms with Crippen LogP contribution < -0.4 is 0 Å². The van der Waals surface area contributed by atoms with Crippen molar-refractivity contribution >= 4 is 16.9 Å². The van der Waals surface area contributed by atoms with Gasteiger partial charge in [0.15, 0.2) is 0 Å². The molecule has 1 nitrogen and oxygen atoms in total. The first-order chi connectivity index (χ1) is 6.81. The molecule has 0 amide bonds. The second kappa shape index (κ2) is 3.95. The number of thiophene rings is 1. The van der Waals surface area contributed by atoms with E-state index in [1.165, 1.54) is 10.5 Å². The van der Waals surface area contributed by atoms with Crippen molar-refractivity contribution in [2.24, 2.45) is 0 Å². The number of hydrogen-bond donors (Lipinski definition) is 1. The van der Waals surface area contributed by atoms with Crippen LogP contribution in [0, 0.1) is 0 Å². The number of aliphatic hydroxyl groups is 1. The van der Waals surface area contributed by atoms with E-state index in [0.717, 1.165) is 5.57 Å². The monoisotopic (exact) mass is 204 g/mol. The molecule has 2 rings (SSSR count). The summed E-state index contributed by atoms with van der Waals surface area (Å²) in [4.78, 5) is 1.24. The van der Waals surface area contributed by atoms with Crippen LogP contribution in [0.3, 0.4) is 0 Å². The fraction of sp³-hybridized carbons (Fsp3) is 0.167. The minimum atomic E-state index is -0.355. The summed E-state index contributed by atoms with van der Waals surface area (Å²) in [7, 11) is 0. The Morgan fingerprint density at radius 2 is 2.43 bits per heavy atom. The predicted molar refractivity (Wildman–Crippen MR) is 61.2 cm³/mol. The molecule has 1 unspecified atom stereocenters. The van der Waals surface area contributed by atoms with Crippen LogP contribution in [0.2, 0.25) is 0 Å². The predicted octanol–water partition coefficient (Wildman–Crippen LogP) is 3.01. The lowest BCUT2D eigenvalue weighted by atomic mass is 9.95. The first-order valence-corrected chi connectivity index (χ1v) is 5.46. The molecule has 72 valence electrons. The highest BCUT2D eigenvalue weighted by atomic mass is 32.1. The highest BCUT2D eigenvalue weighted by Gasteiger charge is 2.13. The smallest absolute Gasteiger partial charge is 0.0764 e. The molecule has 0 aliphatic heterocycles. The van der Waals surface area contributed by atoms with E-state index in [9.17, 15) is 5.11 Å². The van der Waals surface area contributed by atoms with Crippen molar-refractivity contribution in [3.8, 4) is 0 Å². The third-order valence-corrected chi connectivity index (χ3v) is 3.16. The molecule has 0 aromatic carbocycles. The first kappa shape index (κ1) is 9.44. The van der Waals surface area contributed by atoms with E-state index in [-0.39, 0.29) is 6.10 Å². The number of allylic oxidation sites excluding steroid dienone is 3. The highest BCUT2D eigenvalue weighted by molar-refractivity contribution is 7.11. The van der Waals surface area contributed by atoms with Gasteiger partial charge in [-0.1, -0.05) is 24.8 Å². The van der Waals surface area contributed by atoms with Gasteiger partial charge < -0.3 is 5.11 Å². The van der Waals surface area contributed by atoms with Crippen molar-refractivity contribution in [2.75, 3.05) is 0 Å². The van der Waals surface area contributed by atoms with E-state index in [4.69, 9.17) is 0 Å². The summed E-state index contributed by atoms with van der Waals surface area (Å²) < 4.78 is 0. The summed E-state index contributed by atoms with van der Waals surface area (Å²) in [6, 6.07) is 4.12. The Morgan fingerprint density at radius 1 is 1.57 bits per heavy atom. The molecule has 2 heteroatoms. The molecule has 1 aliphatic carbocycles. The van der Waals surface area contributed by atoms with Gasteiger partial charge in [-0.2, -0.15) is 0 Å². The van der Waals surface area contributed by atoms with E-state index in [1.807, 2.05) is 12.1 Å². The molecule has 1 heterocycles. The molecule has 1 aromatic heterocycles. The quantitative estimate of drug-likeness (QED) is 0.785. The van der Waals surface area contributed by atoms with E-state index in [2.05, 4.69) is 24.1 Å². The van der Waals surface area contributed by atoms with Crippen molar-refractivity contribution in [3.05, 3.63) is 52.8 Å². The summed E-state index contributed by atoms with van der Waals surface area (Å²) in [6.45, 7) is 3.76. The molecule has 1 aliphatic rings. The Kier molecular flexibility index (Phi) is 2.66. The summed E-state index contributed by atoms with van der Waals surface area (Å²) >= 11 is 1.71. The van der Waals surface area contributed by atoms with Crippen LogP contribution in [0.25, 0.3) is 5.57 Å². The van der Waals surface area contributed by atoms with Gasteiger partial charge in [-0.3, -0.25) is 0 Å². The third kappa shape index (κ3) is 1.72. The van der Waals surface area contributed by atoms with Crippen molar-refractivity contribution in [1.29, 1.82) is 0 Å². The SMILES string of the molecule is C=CC1=CC(O)CC=C1c1cccs1. The number of hydrogen-bond acceptors (Lipinski definition) is 2. The van der Waals surface area contributed by atoms with Gasteiger partial charge in [0.1, 0.15) is 0 Å². The molecule has 1 atom stereocenters. The molecule has 0 spiro atoms. The maximum Gasteiger partial charge on any atom is 0.0764 e. The summed E-state index contributed by atoms with van der Waals surface area (Å²) in [5, 5.41) is 11.5. The topological polar surface area (TPSA) is 20.2 Å². The van der Waals surface area contributed by atoms with E-state index >= 15 is 0 Å². The standard InChI is InChI=1S/C12H12OS/c1-2-9-8-10(13)5-6-11(9)12-4-3-7-14-12/h2-4,6-8,10,13H,1,5H2. The van der Waals surface area contributed by atoms with Gasteiger partial charge in [-0.25, -0.2) is 0 Å². The van der Waals surface area contributed by atoms with E-state index in [1.54, 1.807) is 17.4 Å². The van der Waals surface area contributed by atoms with Gasteiger partial charge in [0.25, 0.3) is 0 Å². The molecule has 0 saturated carbocycles. The lowest BCUT2D eigenvalue weighted by Gasteiger charge is -2.15. The Bertz CT molecular complexity index is 384. The average Bonchev–Trinajstić information content (AvgIpc) is 2.70. The second-order valence-electron chi connectivity index (χ2n) is 3.22. The van der Waals surface area contributed by atoms with Crippen LogP contribution in [0.15, 0.2) is 47.9 Å². The maximum atomic E-state index is 9.46. The first-order valence-electron chi connectivity index (χ1n) is 4.58. The van der Waals surface area contributed by atoms with Crippen molar-refractivity contribution in [2.45, 2.75) is 12.5 Å². The zero-order valence-electron chi connectivity index (χ0n) is 7.81. The fourth-order valence-electron chi connectivity index (χ4n) is 1.57. The number of rotatable bonds is 2. The second-order valence-corrected chi connectivity index (χ2v) is 4.17. The molecule has 0 radical (unpaired) electrons. The molecule has 1 aromatic rings. The van der Waals surface area contributed by atoms with Gasteiger partial charge >= 0.3 is 0 Å². The Labute approximate surface area is 87.7 Å². The average molecular weight is 204 g/mol. The lowest BCUT2D eigenvalue weighted by molar-refractivity contribution is 0.225. The van der Waals surface area contributed by atoms with Gasteiger partial charge in [-0.15, -0.1) is 11.3 Å². The van der Waals surface area contributed by atoms with Crippen molar-refractivity contribution < 1.29 is 5.11 Å². The number of aliphatic hydroxyl groups excluding tert-OH is 1. The van der Waals surface area contributed by atoms with Crippen molar-refractivity contribution in [3.63, 3.8) is 0 Å². The van der Waals surface area contributed by atoms with Gasteiger partial charge in [-0.05, 0) is 35.1 Å². The van der Waals surface area contributed by atoms with Crippen LogP contribution >= 0.6 is 11.3 Å². The Morgan fingerprint density at radius 3 is 3.07 bits per heavy atom. The molecular formula is C12H12OS. The lowest BCUT2D eigenvalue weighted by Crippen LogP contribution is -2.06. The highest BCUT2D eigenvalue weighted by Crippen LogP contribution is 2.31. The van der Waals surface area contributed by atoms with E-state index in [0.29, 0.717) is 6.42 Å². The molecular weight excluding hydrogens is 192 g/mol. The Hall–Kier alpha value is -1.12. The molecule has 0 bridgehead atoms. The summed E-state index contributed by atoms with van der Waals surface area (Å²) in [5.74, 6) is 0. The summed E-state index contributed by atoms with van der Waals surface area (Å²) in [5.41, 5.74) is 2.23. The van der Waals surface area contributed by atoms with Crippen LogP contribution in [-0.2, 0) is 0 Å². The zero-order valence-corrected chi connectivity index (χ0v) is 8.63. The minimum absolute atomic E-state index is 0.355. The van der Waals surface area contributed by atoms with Gasteiger partial charge in [0, 0.05) is 4.88 Å². The van der Waals surface area contributed by atoms with Gasteiger partial charge in [0.2, 0.25) is 0 Å². The van der Waals surface area contributed by atoms with E-state index < -0.39 is 0 Å². The van der Waals surface area contributed by atoms with Crippen molar-refractivity contribution in [1.82, 2.24) is 0 Å². The summed E-state index contributed by atoms with van der Waals surface area (Å²) in [6.07, 6.45) is 6.08. The zero-order chi connectivity index (χ0) is 9.97. The third-order valence-electron chi connectivity index (χ3n) is 2.25. The molecule has 0 fully saturated rings. The largest absolute Gasteiger partial charge is 0.389 e. The van der Waals surface area contributed by atoms with Crippen LogP contribution in [-0.4, -0.2) is 11.2 Å². The van der Waals surface area contributed by atoms with Crippen LogP contribution in [0.4, 0.5) is 0 Å². The fourth-order valence-corrected chi connectivity index (χ4v) is 2.36.